The first-order valence-electron chi connectivity index (χ1n) is 6.47. The fourth-order valence-electron chi connectivity index (χ4n) is 2.10. The summed E-state index contributed by atoms with van der Waals surface area (Å²) in [6, 6.07) is 6.68. The molecule has 3 nitrogen and oxygen atoms in total. The van der Waals surface area contributed by atoms with Crippen molar-refractivity contribution >= 4 is 0 Å². The van der Waals surface area contributed by atoms with Gasteiger partial charge < -0.3 is 5.32 Å². The molecule has 0 saturated carbocycles. The second-order valence-electron chi connectivity index (χ2n) is 4.66. The Morgan fingerprint density at radius 1 is 1.35 bits per heavy atom. The maximum absolute atomic E-state index is 4.40. The molecule has 96 valence electrons. The summed E-state index contributed by atoms with van der Waals surface area (Å²) in [7, 11) is 2.01. The lowest BCUT2D eigenvalue weighted by Crippen LogP contribution is -2.40. The summed E-state index contributed by atoms with van der Waals surface area (Å²) in [6.45, 7) is 9.86. The fraction of sp³-hybridized carbons (Fsp3) is 0.643. The Morgan fingerprint density at radius 3 is 2.65 bits per heavy atom. The van der Waals surface area contributed by atoms with Gasteiger partial charge in [0.25, 0.3) is 0 Å². The van der Waals surface area contributed by atoms with Gasteiger partial charge in [-0.3, -0.25) is 9.88 Å². The molecule has 0 aromatic carbocycles. The molecule has 0 aliphatic carbocycles. The van der Waals surface area contributed by atoms with Crippen molar-refractivity contribution in [2.75, 3.05) is 20.1 Å². The van der Waals surface area contributed by atoms with Gasteiger partial charge in [-0.2, -0.15) is 0 Å². The molecule has 0 fully saturated rings. The van der Waals surface area contributed by atoms with Crippen LogP contribution in [0.15, 0.2) is 24.4 Å². The lowest BCUT2D eigenvalue weighted by molar-refractivity contribution is 0.159. The van der Waals surface area contributed by atoms with Crippen LogP contribution in [-0.2, 0) is 6.54 Å². The predicted octanol–water partition coefficient (Wildman–Crippen LogP) is 2.15. The van der Waals surface area contributed by atoms with Gasteiger partial charge in [0.1, 0.15) is 0 Å². The van der Waals surface area contributed by atoms with Crippen molar-refractivity contribution in [3.05, 3.63) is 30.1 Å². The van der Waals surface area contributed by atoms with Crippen molar-refractivity contribution in [2.45, 2.75) is 33.4 Å². The van der Waals surface area contributed by atoms with Crippen molar-refractivity contribution in [1.82, 2.24) is 15.2 Å². The number of hydrogen-bond donors (Lipinski definition) is 1. The molecule has 1 aromatic heterocycles. The van der Waals surface area contributed by atoms with Gasteiger partial charge in [0.15, 0.2) is 0 Å². The summed E-state index contributed by atoms with van der Waals surface area (Å²) in [4.78, 5) is 6.87. The number of nitrogens with zero attached hydrogens (tertiary/aromatic N) is 2. The molecular formula is C14H25N3. The van der Waals surface area contributed by atoms with Crippen LogP contribution < -0.4 is 5.32 Å². The van der Waals surface area contributed by atoms with Crippen LogP contribution in [0.1, 0.15) is 26.5 Å². The molecule has 2 unspecified atom stereocenters. The first-order valence-corrected chi connectivity index (χ1v) is 6.47. The summed E-state index contributed by atoms with van der Waals surface area (Å²) in [6.07, 6.45) is 1.87. The topological polar surface area (TPSA) is 28.2 Å². The largest absolute Gasteiger partial charge is 0.319 e. The van der Waals surface area contributed by atoms with Gasteiger partial charge in [-0.15, -0.1) is 0 Å². The normalized spacial score (nSPS) is 14.9. The number of pyridine rings is 1. The average Bonchev–Trinajstić information content (AvgIpc) is 2.36. The molecule has 0 spiro atoms. The van der Waals surface area contributed by atoms with Gasteiger partial charge in [-0.05, 0) is 45.1 Å². The van der Waals surface area contributed by atoms with E-state index in [9.17, 15) is 0 Å². The Labute approximate surface area is 105 Å². The molecule has 1 N–H and O–H groups in total. The Balaban J connectivity index is 2.59. The van der Waals surface area contributed by atoms with Crippen LogP contribution in [0.25, 0.3) is 0 Å². The number of rotatable bonds is 7. The van der Waals surface area contributed by atoms with Crippen molar-refractivity contribution in [1.29, 1.82) is 0 Å². The zero-order valence-corrected chi connectivity index (χ0v) is 11.5. The van der Waals surface area contributed by atoms with E-state index >= 15 is 0 Å². The molecule has 1 heterocycles. The molecule has 0 aliphatic heterocycles. The van der Waals surface area contributed by atoms with E-state index in [1.807, 2.05) is 19.3 Å². The maximum atomic E-state index is 4.40. The lowest BCUT2D eigenvalue weighted by Gasteiger charge is -2.32. The molecule has 0 bridgehead atoms. The second-order valence-corrected chi connectivity index (χ2v) is 4.66. The first-order chi connectivity index (χ1) is 8.19. The molecular weight excluding hydrogens is 210 g/mol. The number of aromatic nitrogens is 1. The van der Waals surface area contributed by atoms with Crippen LogP contribution in [0.2, 0.25) is 0 Å². The third-order valence-electron chi connectivity index (χ3n) is 3.42. The zero-order chi connectivity index (χ0) is 12.7. The average molecular weight is 235 g/mol. The van der Waals surface area contributed by atoms with E-state index in [-0.39, 0.29) is 0 Å². The minimum atomic E-state index is 0.564. The quantitative estimate of drug-likeness (QED) is 0.785. The van der Waals surface area contributed by atoms with E-state index in [1.165, 1.54) is 0 Å². The number of nitrogens with one attached hydrogen (secondary N) is 1. The SMILES string of the molecule is CCN(Cc1ccccn1)C(C)C(C)CNC. The van der Waals surface area contributed by atoms with E-state index in [4.69, 9.17) is 0 Å². The molecule has 1 rings (SSSR count). The highest BCUT2D eigenvalue weighted by Crippen LogP contribution is 2.13. The Morgan fingerprint density at radius 2 is 2.12 bits per heavy atom. The molecule has 3 heteroatoms. The number of hydrogen-bond acceptors (Lipinski definition) is 3. The maximum Gasteiger partial charge on any atom is 0.0544 e. The minimum absolute atomic E-state index is 0.564. The van der Waals surface area contributed by atoms with Crippen LogP contribution in [0.3, 0.4) is 0 Å². The molecule has 1 aromatic rings. The third kappa shape index (κ3) is 4.44. The van der Waals surface area contributed by atoms with Crippen LogP contribution in [0.4, 0.5) is 0 Å². The monoisotopic (exact) mass is 235 g/mol. The summed E-state index contributed by atoms with van der Waals surface area (Å²) < 4.78 is 0. The van der Waals surface area contributed by atoms with Crippen LogP contribution in [0.5, 0.6) is 0 Å². The molecule has 2 atom stereocenters. The Bertz CT molecular complexity index is 300. The lowest BCUT2D eigenvalue weighted by atomic mass is 10.0. The standard InChI is InChI=1S/C14H25N3/c1-5-17(13(3)12(2)10-15-4)11-14-8-6-7-9-16-14/h6-9,12-13,15H,5,10-11H2,1-4H3. The van der Waals surface area contributed by atoms with Gasteiger partial charge >= 0.3 is 0 Å². The zero-order valence-electron chi connectivity index (χ0n) is 11.5. The molecule has 0 saturated heterocycles. The van der Waals surface area contributed by atoms with Crippen LogP contribution in [0, 0.1) is 5.92 Å². The summed E-state index contributed by atoms with van der Waals surface area (Å²) in [5.74, 6) is 0.642. The molecule has 0 amide bonds. The van der Waals surface area contributed by atoms with E-state index in [2.05, 4.69) is 48.1 Å². The molecule has 0 radical (unpaired) electrons. The van der Waals surface area contributed by atoms with Gasteiger partial charge in [0.2, 0.25) is 0 Å². The summed E-state index contributed by atoms with van der Waals surface area (Å²) in [5.41, 5.74) is 1.15. The van der Waals surface area contributed by atoms with E-state index in [0.717, 1.165) is 25.3 Å². The van der Waals surface area contributed by atoms with Gasteiger partial charge in [-0.1, -0.05) is 19.9 Å². The Hall–Kier alpha value is -0.930. The van der Waals surface area contributed by atoms with E-state index in [0.29, 0.717) is 12.0 Å². The first kappa shape index (κ1) is 14.1. The summed E-state index contributed by atoms with van der Waals surface area (Å²) in [5, 5.41) is 3.25. The van der Waals surface area contributed by atoms with Gasteiger partial charge in [0, 0.05) is 18.8 Å². The van der Waals surface area contributed by atoms with Gasteiger partial charge in [0.05, 0.1) is 5.69 Å². The van der Waals surface area contributed by atoms with Gasteiger partial charge in [-0.25, -0.2) is 0 Å². The smallest absolute Gasteiger partial charge is 0.0544 e. The van der Waals surface area contributed by atoms with E-state index in [1.54, 1.807) is 0 Å². The minimum Gasteiger partial charge on any atom is -0.319 e. The van der Waals surface area contributed by atoms with Crippen LogP contribution >= 0.6 is 0 Å². The van der Waals surface area contributed by atoms with Crippen molar-refractivity contribution in [2.24, 2.45) is 5.92 Å². The third-order valence-corrected chi connectivity index (χ3v) is 3.42. The molecule has 0 aliphatic rings. The molecule has 17 heavy (non-hydrogen) atoms. The highest BCUT2D eigenvalue weighted by Gasteiger charge is 2.18. The Kier molecular flexibility index (Phi) is 6.16. The second kappa shape index (κ2) is 7.41. The van der Waals surface area contributed by atoms with Crippen molar-refractivity contribution < 1.29 is 0 Å². The summed E-state index contributed by atoms with van der Waals surface area (Å²) >= 11 is 0. The predicted molar refractivity (Wildman–Crippen MR) is 72.9 cm³/mol. The van der Waals surface area contributed by atoms with Crippen molar-refractivity contribution in [3.8, 4) is 0 Å². The highest BCUT2D eigenvalue weighted by molar-refractivity contribution is 5.03. The van der Waals surface area contributed by atoms with Crippen LogP contribution in [-0.4, -0.2) is 36.1 Å². The van der Waals surface area contributed by atoms with Crippen molar-refractivity contribution in [3.63, 3.8) is 0 Å². The fourth-order valence-corrected chi connectivity index (χ4v) is 2.10. The highest BCUT2D eigenvalue weighted by atomic mass is 15.2. The van der Waals surface area contributed by atoms with E-state index < -0.39 is 0 Å².